The van der Waals surface area contributed by atoms with Crippen molar-refractivity contribution >= 4 is 23.1 Å². The van der Waals surface area contributed by atoms with E-state index >= 15 is 0 Å². The van der Waals surface area contributed by atoms with Gasteiger partial charge in [-0.1, -0.05) is 30.3 Å². The molecule has 1 aromatic heterocycles. The summed E-state index contributed by atoms with van der Waals surface area (Å²) in [4.78, 5) is 0. The van der Waals surface area contributed by atoms with Crippen molar-refractivity contribution in [3.63, 3.8) is 0 Å². The van der Waals surface area contributed by atoms with E-state index in [2.05, 4.69) is 27.9 Å². The smallest absolute Gasteiger partial charge is 0.172 e. The molecule has 2 aromatic rings. The van der Waals surface area contributed by atoms with Crippen LogP contribution in [0.5, 0.6) is 0 Å². The van der Waals surface area contributed by atoms with Gasteiger partial charge < -0.3 is 10.6 Å². The maximum Gasteiger partial charge on any atom is 0.172 e. The van der Waals surface area contributed by atoms with Crippen LogP contribution in [0.3, 0.4) is 0 Å². The molecule has 5 heteroatoms. The zero-order chi connectivity index (χ0) is 12.8. The molecule has 0 radical (unpaired) electrons. The van der Waals surface area contributed by atoms with Gasteiger partial charge in [0.15, 0.2) is 10.9 Å². The van der Waals surface area contributed by atoms with Gasteiger partial charge in [-0.15, -0.1) is 0 Å². The molecular weight excluding hydrogens is 244 g/mol. The second-order valence-corrected chi connectivity index (χ2v) is 4.40. The first-order chi connectivity index (χ1) is 8.74. The van der Waals surface area contributed by atoms with Crippen molar-refractivity contribution in [1.82, 2.24) is 15.1 Å². The molecule has 0 saturated carbocycles. The Kier molecular flexibility index (Phi) is 4.30. The number of nitrogens with one attached hydrogen (secondary N) is 2. The van der Waals surface area contributed by atoms with Crippen molar-refractivity contribution in [2.45, 2.75) is 6.42 Å². The number of thiocarbonyl (C=S) groups is 1. The third-order valence-electron chi connectivity index (χ3n) is 2.50. The largest absolute Gasteiger partial charge is 0.362 e. The van der Waals surface area contributed by atoms with E-state index in [1.54, 1.807) is 4.68 Å². The summed E-state index contributed by atoms with van der Waals surface area (Å²) in [5.41, 5.74) is 1.30. The highest BCUT2D eigenvalue weighted by Crippen LogP contribution is 2.01. The predicted molar refractivity (Wildman–Crippen MR) is 77.6 cm³/mol. The lowest BCUT2D eigenvalue weighted by atomic mass is 10.1. The molecule has 4 nitrogen and oxygen atoms in total. The molecule has 0 bridgehead atoms. The van der Waals surface area contributed by atoms with Crippen LogP contribution in [0, 0.1) is 0 Å². The van der Waals surface area contributed by atoms with E-state index in [1.807, 2.05) is 37.5 Å². The highest BCUT2D eigenvalue weighted by Gasteiger charge is 1.99. The number of hydrogen-bond donors (Lipinski definition) is 2. The second-order valence-electron chi connectivity index (χ2n) is 3.99. The molecule has 2 rings (SSSR count). The van der Waals surface area contributed by atoms with E-state index in [9.17, 15) is 0 Å². The fourth-order valence-electron chi connectivity index (χ4n) is 1.61. The Balaban J connectivity index is 1.72. The quantitative estimate of drug-likeness (QED) is 0.825. The Morgan fingerprint density at radius 1 is 1.28 bits per heavy atom. The molecular formula is C13H16N4S. The molecule has 0 unspecified atom stereocenters. The first kappa shape index (κ1) is 12.6. The third-order valence-corrected chi connectivity index (χ3v) is 2.74. The van der Waals surface area contributed by atoms with Crippen LogP contribution in [-0.2, 0) is 13.5 Å². The average molecular weight is 260 g/mol. The highest BCUT2D eigenvalue weighted by atomic mass is 32.1. The number of rotatable bonds is 4. The summed E-state index contributed by atoms with van der Waals surface area (Å²) in [6, 6.07) is 12.2. The van der Waals surface area contributed by atoms with Crippen LogP contribution in [0.25, 0.3) is 0 Å². The first-order valence-corrected chi connectivity index (χ1v) is 6.23. The molecule has 1 heterocycles. The number of aromatic nitrogens is 2. The fourth-order valence-corrected chi connectivity index (χ4v) is 1.81. The van der Waals surface area contributed by atoms with Gasteiger partial charge in [0.2, 0.25) is 0 Å². The Bertz CT molecular complexity index is 507. The van der Waals surface area contributed by atoms with Gasteiger partial charge >= 0.3 is 0 Å². The standard InChI is InChI=1S/C13H16N4S/c1-17-10-8-12(16-17)15-13(18)14-9-7-11-5-3-2-4-6-11/h2-6,8,10H,7,9H2,1H3,(H2,14,15,16,18). The summed E-state index contributed by atoms with van der Waals surface area (Å²) >= 11 is 5.19. The van der Waals surface area contributed by atoms with Crippen molar-refractivity contribution in [2.75, 3.05) is 11.9 Å². The van der Waals surface area contributed by atoms with Gasteiger partial charge in [-0.2, -0.15) is 5.10 Å². The van der Waals surface area contributed by atoms with Crippen molar-refractivity contribution in [3.8, 4) is 0 Å². The summed E-state index contributed by atoms with van der Waals surface area (Å²) in [6.07, 6.45) is 2.82. The van der Waals surface area contributed by atoms with Gasteiger partial charge in [0.05, 0.1) is 0 Å². The molecule has 0 aliphatic carbocycles. The Morgan fingerprint density at radius 2 is 2.06 bits per heavy atom. The van der Waals surface area contributed by atoms with E-state index in [0.29, 0.717) is 5.11 Å². The van der Waals surface area contributed by atoms with E-state index in [1.165, 1.54) is 5.56 Å². The molecule has 0 fully saturated rings. The van der Waals surface area contributed by atoms with Crippen LogP contribution in [-0.4, -0.2) is 21.4 Å². The maximum absolute atomic E-state index is 5.19. The zero-order valence-electron chi connectivity index (χ0n) is 10.3. The lowest BCUT2D eigenvalue weighted by Gasteiger charge is -2.08. The van der Waals surface area contributed by atoms with Crippen LogP contribution < -0.4 is 10.6 Å². The number of aryl methyl sites for hydroxylation is 1. The normalized spacial score (nSPS) is 10.1. The summed E-state index contributed by atoms with van der Waals surface area (Å²) in [5.74, 6) is 0.759. The summed E-state index contributed by atoms with van der Waals surface area (Å²) < 4.78 is 1.73. The Hall–Kier alpha value is -1.88. The molecule has 1 aromatic carbocycles. The van der Waals surface area contributed by atoms with Crippen molar-refractivity contribution in [3.05, 3.63) is 48.2 Å². The molecule has 2 N–H and O–H groups in total. The monoisotopic (exact) mass is 260 g/mol. The molecule has 18 heavy (non-hydrogen) atoms. The summed E-state index contributed by atoms with van der Waals surface area (Å²) in [5, 5.41) is 11.0. The molecule has 0 aliphatic heterocycles. The van der Waals surface area contributed by atoms with Gasteiger partial charge in [-0.05, 0) is 24.2 Å². The molecule has 0 spiro atoms. The molecule has 0 atom stereocenters. The average Bonchev–Trinajstić information content (AvgIpc) is 2.76. The number of nitrogens with zero attached hydrogens (tertiary/aromatic N) is 2. The maximum atomic E-state index is 5.19. The van der Waals surface area contributed by atoms with Gasteiger partial charge in [0.25, 0.3) is 0 Å². The van der Waals surface area contributed by atoms with Crippen LogP contribution >= 0.6 is 12.2 Å². The minimum absolute atomic E-state index is 0.602. The molecule has 0 amide bonds. The molecule has 0 saturated heterocycles. The number of benzene rings is 1. The number of hydrogen-bond acceptors (Lipinski definition) is 2. The highest BCUT2D eigenvalue weighted by molar-refractivity contribution is 7.80. The summed E-state index contributed by atoms with van der Waals surface area (Å²) in [6.45, 7) is 0.808. The molecule has 94 valence electrons. The van der Waals surface area contributed by atoms with E-state index in [0.717, 1.165) is 18.8 Å². The number of anilines is 1. The van der Waals surface area contributed by atoms with Crippen molar-refractivity contribution in [1.29, 1.82) is 0 Å². The van der Waals surface area contributed by atoms with Gasteiger partial charge in [0, 0.05) is 25.9 Å². The van der Waals surface area contributed by atoms with Crippen LogP contribution in [0.4, 0.5) is 5.82 Å². The van der Waals surface area contributed by atoms with Crippen LogP contribution in [0.1, 0.15) is 5.56 Å². The van der Waals surface area contributed by atoms with Crippen LogP contribution in [0.15, 0.2) is 42.6 Å². The molecule has 0 aliphatic rings. The van der Waals surface area contributed by atoms with E-state index in [4.69, 9.17) is 12.2 Å². The van der Waals surface area contributed by atoms with Gasteiger partial charge in [0.1, 0.15) is 0 Å². The van der Waals surface area contributed by atoms with Crippen molar-refractivity contribution < 1.29 is 0 Å². The van der Waals surface area contributed by atoms with Gasteiger partial charge in [-0.25, -0.2) is 0 Å². The van der Waals surface area contributed by atoms with E-state index < -0.39 is 0 Å². The second kappa shape index (κ2) is 6.16. The zero-order valence-corrected chi connectivity index (χ0v) is 11.1. The topological polar surface area (TPSA) is 41.9 Å². The predicted octanol–water partition coefficient (Wildman–Crippen LogP) is 1.95. The minimum Gasteiger partial charge on any atom is -0.362 e. The Labute approximate surface area is 112 Å². The van der Waals surface area contributed by atoms with Crippen LogP contribution in [0.2, 0.25) is 0 Å². The third kappa shape index (κ3) is 3.85. The first-order valence-electron chi connectivity index (χ1n) is 5.82. The fraction of sp³-hybridized carbons (Fsp3) is 0.231. The lowest BCUT2D eigenvalue weighted by molar-refractivity contribution is 0.771. The van der Waals surface area contributed by atoms with Crippen molar-refractivity contribution in [2.24, 2.45) is 7.05 Å². The summed E-state index contributed by atoms with van der Waals surface area (Å²) in [7, 11) is 1.87. The minimum atomic E-state index is 0.602. The van der Waals surface area contributed by atoms with Gasteiger partial charge in [-0.3, -0.25) is 4.68 Å². The van der Waals surface area contributed by atoms with E-state index in [-0.39, 0.29) is 0 Å². The Morgan fingerprint density at radius 3 is 2.72 bits per heavy atom. The SMILES string of the molecule is Cn1ccc(NC(=S)NCCc2ccccc2)n1. The lowest BCUT2D eigenvalue weighted by Crippen LogP contribution is -2.30.